The first-order valence-electron chi connectivity index (χ1n) is 6.42. The molecule has 0 saturated heterocycles. The summed E-state index contributed by atoms with van der Waals surface area (Å²) in [6.07, 6.45) is 3.50. The molecule has 0 aliphatic heterocycles. The van der Waals surface area contributed by atoms with E-state index in [1.807, 2.05) is 12.1 Å². The molecule has 2 rings (SSSR count). The Morgan fingerprint density at radius 3 is 2.70 bits per heavy atom. The minimum atomic E-state index is -0.140. The van der Waals surface area contributed by atoms with Crippen LogP contribution < -0.4 is 11.1 Å². The zero-order valence-corrected chi connectivity index (χ0v) is 12.6. The Morgan fingerprint density at radius 2 is 2.20 bits per heavy atom. The second-order valence-corrected chi connectivity index (χ2v) is 5.98. The number of pyridine rings is 1. The van der Waals surface area contributed by atoms with E-state index in [4.69, 9.17) is 5.73 Å². The van der Waals surface area contributed by atoms with Crippen molar-refractivity contribution in [1.82, 2.24) is 15.3 Å². The first kappa shape index (κ1) is 14.5. The maximum absolute atomic E-state index is 12.4. The number of nitrogen functional groups attached to an aromatic ring is 1. The van der Waals surface area contributed by atoms with Crippen LogP contribution in [0.15, 0.2) is 24.5 Å². The standard InChI is InChI=1S/C14H18N4OS/c1-8(2)11(10-5-4-6-16-7-10)18-13(19)12-9(3)17-14(15)20-12/h4-8,11H,1-3H3,(H2,15,17)(H,18,19). The van der Waals surface area contributed by atoms with E-state index in [1.54, 1.807) is 19.3 Å². The number of thiazole rings is 1. The molecule has 3 N–H and O–H groups in total. The summed E-state index contributed by atoms with van der Waals surface area (Å²) in [6, 6.07) is 3.75. The van der Waals surface area contributed by atoms with Crippen LogP contribution in [0.2, 0.25) is 0 Å². The lowest BCUT2D eigenvalue weighted by Crippen LogP contribution is -2.31. The highest BCUT2D eigenvalue weighted by Gasteiger charge is 2.22. The zero-order valence-electron chi connectivity index (χ0n) is 11.8. The third-order valence-electron chi connectivity index (χ3n) is 3.02. The van der Waals surface area contributed by atoms with Crippen LogP contribution in [-0.4, -0.2) is 15.9 Å². The number of amides is 1. The predicted octanol–water partition coefficient (Wildman–Crippen LogP) is 2.56. The van der Waals surface area contributed by atoms with Crippen molar-refractivity contribution in [2.75, 3.05) is 5.73 Å². The van der Waals surface area contributed by atoms with Crippen LogP contribution in [0, 0.1) is 12.8 Å². The topological polar surface area (TPSA) is 80.9 Å². The first-order valence-corrected chi connectivity index (χ1v) is 7.24. The molecule has 20 heavy (non-hydrogen) atoms. The van der Waals surface area contributed by atoms with E-state index >= 15 is 0 Å². The van der Waals surface area contributed by atoms with Crippen molar-refractivity contribution >= 4 is 22.4 Å². The van der Waals surface area contributed by atoms with Crippen molar-refractivity contribution in [3.8, 4) is 0 Å². The molecule has 5 nitrogen and oxygen atoms in total. The van der Waals surface area contributed by atoms with Crippen molar-refractivity contribution in [1.29, 1.82) is 0 Å². The van der Waals surface area contributed by atoms with Crippen molar-refractivity contribution in [2.24, 2.45) is 5.92 Å². The number of carbonyl (C=O) groups is 1. The smallest absolute Gasteiger partial charge is 0.263 e. The number of anilines is 1. The van der Waals surface area contributed by atoms with Gasteiger partial charge in [-0.25, -0.2) is 4.98 Å². The molecule has 1 amide bonds. The number of hydrogen-bond donors (Lipinski definition) is 2. The maximum atomic E-state index is 12.4. The first-order chi connectivity index (χ1) is 9.49. The van der Waals surface area contributed by atoms with Crippen LogP contribution in [0.1, 0.15) is 40.8 Å². The van der Waals surface area contributed by atoms with Gasteiger partial charge in [-0.1, -0.05) is 31.3 Å². The lowest BCUT2D eigenvalue weighted by atomic mass is 9.97. The van der Waals surface area contributed by atoms with Gasteiger partial charge in [-0.15, -0.1) is 0 Å². The summed E-state index contributed by atoms with van der Waals surface area (Å²) in [7, 11) is 0. The van der Waals surface area contributed by atoms with Gasteiger partial charge in [-0.05, 0) is 24.5 Å². The maximum Gasteiger partial charge on any atom is 0.263 e. The molecule has 6 heteroatoms. The van der Waals surface area contributed by atoms with Gasteiger partial charge in [0.15, 0.2) is 5.13 Å². The average molecular weight is 290 g/mol. The molecule has 0 aliphatic carbocycles. The quantitative estimate of drug-likeness (QED) is 0.906. The molecule has 0 spiro atoms. The number of aryl methyl sites for hydroxylation is 1. The second-order valence-electron chi connectivity index (χ2n) is 4.95. The van der Waals surface area contributed by atoms with Gasteiger partial charge < -0.3 is 11.1 Å². The van der Waals surface area contributed by atoms with Crippen LogP contribution in [-0.2, 0) is 0 Å². The van der Waals surface area contributed by atoms with E-state index in [-0.39, 0.29) is 17.9 Å². The van der Waals surface area contributed by atoms with E-state index < -0.39 is 0 Å². The summed E-state index contributed by atoms with van der Waals surface area (Å²) >= 11 is 1.21. The highest BCUT2D eigenvalue weighted by atomic mass is 32.1. The van der Waals surface area contributed by atoms with Crippen molar-refractivity contribution in [2.45, 2.75) is 26.8 Å². The van der Waals surface area contributed by atoms with Crippen molar-refractivity contribution in [3.05, 3.63) is 40.7 Å². The largest absolute Gasteiger partial charge is 0.375 e. The van der Waals surface area contributed by atoms with E-state index in [1.165, 1.54) is 11.3 Å². The fraction of sp³-hybridized carbons (Fsp3) is 0.357. The summed E-state index contributed by atoms with van der Waals surface area (Å²) in [5, 5.41) is 3.45. The Kier molecular flexibility index (Phi) is 4.34. The van der Waals surface area contributed by atoms with E-state index in [0.717, 1.165) is 5.56 Å². The number of rotatable bonds is 4. The number of aromatic nitrogens is 2. The Balaban J connectivity index is 2.21. The number of hydrogen-bond acceptors (Lipinski definition) is 5. The minimum Gasteiger partial charge on any atom is -0.375 e. The van der Waals surface area contributed by atoms with Crippen LogP contribution in [0.3, 0.4) is 0 Å². The van der Waals surface area contributed by atoms with Gasteiger partial charge in [0.1, 0.15) is 4.88 Å². The normalized spacial score (nSPS) is 12.4. The Hall–Kier alpha value is -1.95. The van der Waals surface area contributed by atoms with Crippen LogP contribution in [0.5, 0.6) is 0 Å². The summed E-state index contributed by atoms with van der Waals surface area (Å²) in [6.45, 7) is 5.91. The van der Waals surface area contributed by atoms with Gasteiger partial charge >= 0.3 is 0 Å². The molecule has 106 valence electrons. The lowest BCUT2D eigenvalue weighted by molar-refractivity contribution is 0.0929. The fourth-order valence-electron chi connectivity index (χ4n) is 2.03. The summed E-state index contributed by atoms with van der Waals surface area (Å²) in [5.41, 5.74) is 7.29. The molecular formula is C14H18N4OS. The van der Waals surface area contributed by atoms with Crippen molar-refractivity contribution in [3.63, 3.8) is 0 Å². The van der Waals surface area contributed by atoms with E-state index in [2.05, 4.69) is 29.1 Å². The van der Waals surface area contributed by atoms with Gasteiger partial charge in [0.2, 0.25) is 0 Å². The summed E-state index contributed by atoms with van der Waals surface area (Å²) in [5.74, 6) is 0.118. The van der Waals surface area contributed by atoms with E-state index in [9.17, 15) is 4.79 Å². The molecule has 0 aliphatic rings. The Labute approximate surface area is 122 Å². The molecule has 2 aromatic rings. The monoisotopic (exact) mass is 290 g/mol. The molecule has 0 bridgehead atoms. The van der Waals surface area contributed by atoms with Gasteiger partial charge in [-0.2, -0.15) is 0 Å². The zero-order chi connectivity index (χ0) is 14.7. The molecule has 1 unspecified atom stereocenters. The third-order valence-corrected chi connectivity index (χ3v) is 4.00. The summed E-state index contributed by atoms with van der Waals surface area (Å²) in [4.78, 5) is 21.1. The predicted molar refractivity (Wildman–Crippen MR) is 80.5 cm³/mol. The van der Waals surface area contributed by atoms with Crippen LogP contribution >= 0.6 is 11.3 Å². The second kappa shape index (κ2) is 6.00. The highest BCUT2D eigenvalue weighted by Crippen LogP contribution is 2.24. The minimum absolute atomic E-state index is 0.0843. The molecule has 2 heterocycles. The van der Waals surface area contributed by atoms with Gasteiger partial charge in [0, 0.05) is 12.4 Å². The van der Waals surface area contributed by atoms with Crippen LogP contribution in [0.4, 0.5) is 5.13 Å². The number of nitrogens with two attached hydrogens (primary N) is 1. The van der Waals surface area contributed by atoms with Gasteiger partial charge in [0.25, 0.3) is 5.91 Å². The van der Waals surface area contributed by atoms with Crippen LogP contribution in [0.25, 0.3) is 0 Å². The average Bonchev–Trinajstić information content (AvgIpc) is 2.75. The number of nitrogens with one attached hydrogen (secondary N) is 1. The third kappa shape index (κ3) is 3.14. The van der Waals surface area contributed by atoms with Gasteiger partial charge in [0.05, 0.1) is 11.7 Å². The number of carbonyl (C=O) groups excluding carboxylic acids is 1. The lowest BCUT2D eigenvalue weighted by Gasteiger charge is -2.22. The van der Waals surface area contributed by atoms with E-state index in [0.29, 0.717) is 15.7 Å². The molecular weight excluding hydrogens is 272 g/mol. The molecule has 2 aromatic heterocycles. The molecule has 0 radical (unpaired) electrons. The molecule has 0 saturated carbocycles. The summed E-state index contributed by atoms with van der Waals surface area (Å²) < 4.78 is 0. The highest BCUT2D eigenvalue weighted by molar-refractivity contribution is 7.17. The number of nitrogens with zero attached hydrogens (tertiary/aromatic N) is 2. The van der Waals surface area contributed by atoms with Crippen molar-refractivity contribution < 1.29 is 4.79 Å². The molecule has 0 fully saturated rings. The van der Waals surface area contributed by atoms with Gasteiger partial charge in [-0.3, -0.25) is 9.78 Å². The SMILES string of the molecule is Cc1nc(N)sc1C(=O)NC(c1cccnc1)C(C)C. The Bertz CT molecular complexity index is 594. The molecule has 0 aromatic carbocycles. The fourth-order valence-corrected chi connectivity index (χ4v) is 2.77. The molecule has 1 atom stereocenters. The Morgan fingerprint density at radius 1 is 1.45 bits per heavy atom.